The van der Waals surface area contributed by atoms with Gasteiger partial charge in [-0.15, -0.1) is 0 Å². The van der Waals surface area contributed by atoms with E-state index in [1.807, 2.05) is 6.07 Å². The fourth-order valence-corrected chi connectivity index (χ4v) is 4.31. The predicted octanol–water partition coefficient (Wildman–Crippen LogP) is 2.84. The van der Waals surface area contributed by atoms with E-state index in [0.29, 0.717) is 28.3 Å². The Hall–Kier alpha value is -1.86. The molecule has 1 amide bonds. The molecule has 0 saturated heterocycles. The minimum atomic E-state index is -1.82. The number of carbonyl (C=O) groups is 1. The molecule has 1 fully saturated rings. The van der Waals surface area contributed by atoms with E-state index < -0.39 is 11.5 Å². The van der Waals surface area contributed by atoms with Crippen LogP contribution in [0.3, 0.4) is 0 Å². The zero-order valence-electron chi connectivity index (χ0n) is 13.3. The zero-order valence-corrected chi connectivity index (χ0v) is 14.9. The van der Waals surface area contributed by atoms with Crippen LogP contribution in [0.25, 0.3) is 0 Å². The summed E-state index contributed by atoms with van der Waals surface area (Å²) in [5.41, 5.74) is 6.62. The number of anilines is 2. The number of aromatic nitrogens is 2. The van der Waals surface area contributed by atoms with E-state index in [2.05, 4.69) is 26.3 Å². The monoisotopic (exact) mass is 390 g/mol. The fourth-order valence-electron chi connectivity index (χ4n) is 3.95. The normalized spacial score (nSPS) is 23.5. The summed E-state index contributed by atoms with van der Waals surface area (Å²) in [7, 11) is 0. The van der Waals surface area contributed by atoms with Gasteiger partial charge in [0.05, 0.1) is 17.3 Å². The van der Waals surface area contributed by atoms with Crippen molar-refractivity contribution in [3.63, 3.8) is 0 Å². The Morgan fingerprint density at radius 1 is 1.42 bits per heavy atom. The molecule has 1 atom stereocenters. The number of nitrogens with one attached hydrogen (secondary N) is 1. The summed E-state index contributed by atoms with van der Waals surface area (Å²) in [4.78, 5) is 12.6. The summed E-state index contributed by atoms with van der Waals surface area (Å²) in [5.74, 6) is -0.110. The minimum absolute atomic E-state index is 0.243. The first-order valence-electron chi connectivity index (χ1n) is 8.12. The number of halogens is 1. The Morgan fingerprint density at radius 2 is 2.12 bits per heavy atom. The topological polar surface area (TPSA) is 93.2 Å². The van der Waals surface area contributed by atoms with Gasteiger partial charge in [0.1, 0.15) is 5.82 Å². The van der Waals surface area contributed by atoms with Gasteiger partial charge >= 0.3 is 0 Å². The summed E-state index contributed by atoms with van der Waals surface area (Å²) < 4.78 is 2.58. The van der Waals surface area contributed by atoms with Gasteiger partial charge in [-0.25, -0.2) is 4.68 Å². The van der Waals surface area contributed by atoms with Gasteiger partial charge in [0.15, 0.2) is 0 Å². The summed E-state index contributed by atoms with van der Waals surface area (Å²) in [6.45, 7) is 1.79. The molecule has 4 rings (SSSR count). The van der Waals surface area contributed by atoms with E-state index in [4.69, 9.17) is 5.73 Å². The van der Waals surface area contributed by atoms with Gasteiger partial charge in [0.2, 0.25) is 5.60 Å². The smallest absolute Gasteiger partial charge is 0.266 e. The number of aliphatic hydroxyl groups is 1. The van der Waals surface area contributed by atoms with Crippen LogP contribution in [0.4, 0.5) is 11.5 Å². The lowest BCUT2D eigenvalue weighted by atomic mass is 9.87. The van der Waals surface area contributed by atoms with Gasteiger partial charge in [-0.05, 0) is 38.0 Å². The molecule has 126 valence electrons. The van der Waals surface area contributed by atoms with Gasteiger partial charge in [-0.1, -0.05) is 28.8 Å². The fraction of sp³-hybridized carbons (Fsp3) is 0.412. The molecule has 4 N–H and O–H groups in total. The van der Waals surface area contributed by atoms with E-state index in [-0.39, 0.29) is 6.04 Å². The third-order valence-electron chi connectivity index (χ3n) is 5.10. The number of aryl methyl sites for hydroxylation is 1. The maximum atomic E-state index is 12.6. The van der Waals surface area contributed by atoms with Crippen molar-refractivity contribution in [1.82, 2.24) is 9.78 Å². The van der Waals surface area contributed by atoms with Crippen molar-refractivity contribution in [2.45, 2.75) is 44.2 Å². The molecule has 2 aromatic rings. The maximum Gasteiger partial charge on any atom is 0.266 e. The second-order valence-electron chi connectivity index (χ2n) is 6.58. The average Bonchev–Trinajstić information content (AvgIpc) is 3.21. The molecule has 0 bridgehead atoms. The van der Waals surface area contributed by atoms with Crippen LogP contribution in [0.15, 0.2) is 22.7 Å². The van der Waals surface area contributed by atoms with Crippen molar-refractivity contribution in [1.29, 1.82) is 0 Å². The zero-order chi connectivity index (χ0) is 17.1. The minimum Gasteiger partial charge on any atom is -0.384 e. The van der Waals surface area contributed by atoms with Crippen molar-refractivity contribution in [2.75, 3.05) is 11.1 Å². The molecule has 0 radical (unpaired) electrons. The molecule has 2 aliphatic rings. The van der Waals surface area contributed by atoms with E-state index in [9.17, 15) is 9.90 Å². The van der Waals surface area contributed by atoms with Gasteiger partial charge in [-0.2, -0.15) is 5.10 Å². The first-order valence-corrected chi connectivity index (χ1v) is 8.91. The van der Waals surface area contributed by atoms with E-state index >= 15 is 0 Å². The Balaban J connectivity index is 1.90. The summed E-state index contributed by atoms with van der Waals surface area (Å²) >= 11 is 3.40. The number of nitrogens with two attached hydrogens (primary N) is 1. The van der Waals surface area contributed by atoms with Crippen LogP contribution in [0.1, 0.15) is 48.5 Å². The van der Waals surface area contributed by atoms with E-state index in [1.165, 1.54) is 0 Å². The van der Waals surface area contributed by atoms with Crippen LogP contribution in [-0.4, -0.2) is 20.8 Å². The highest BCUT2D eigenvalue weighted by atomic mass is 79.9. The second-order valence-corrected chi connectivity index (χ2v) is 7.50. The molecule has 7 heteroatoms. The second kappa shape index (κ2) is 5.32. The number of carbonyl (C=O) groups excluding carboxylic acids is 1. The Kier molecular flexibility index (Phi) is 3.47. The third-order valence-corrected chi connectivity index (χ3v) is 5.60. The molecule has 2 heterocycles. The maximum absolute atomic E-state index is 12.6. The molecule has 0 spiro atoms. The molecule has 1 aromatic heterocycles. The lowest BCUT2D eigenvalue weighted by molar-refractivity contribution is -0.129. The Labute approximate surface area is 148 Å². The van der Waals surface area contributed by atoms with Crippen molar-refractivity contribution >= 4 is 33.3 Å². The number of hydrogen-bond acceptors (Lipinski definition) is 4. The van der Waals surface area contributed by atoms with Crippen molar-refractivity contribution < 1.29 is 9.90 Å². The number of rotatable bonds is 2. The van der Waals surface area contributed by atoms with Crippen LogP contribution in [-0.2, 0) is 10.4 Å². The van der Waals surface area contributed by atoms with Crippen LogP contribution in [0.5, 0.6) is 0 Å². The lowest BCUT2D eigenvalue weighted by Crippen LogP contribution is -2.36. The van der Waals surface area contributed by atoms with Gasteiger partial charge in [0, 0.05) is 15.7 Å². The molecule has 1 aliphatic heterocycles. The van der Waals surface area contributed by atoms with Gasteiger partial charge in [0.25, 0.3) is 5.91 Å². The van der Waals surface area contributed by atoms with Crippen molar-refractivity contribution in [3.8, 4) is 0 Å². The quantitative estimate of drug-likeness (QED) is 0.734. The van der Waals surface area contributed by atoms with Crippen molar-refractivity contribution in [2.24, 2.45) is 0 Å². The molecule has 6 nitrogen and oxygen atoms in total. The first-order chi connectivity index (χ1) is 11.4. The average molecular weight is 391 g/mol. The standard InChI is InChI=1S/C17H19BrN4O2/c1-9-14(15(19)22(21-9)11-4-2-3-5-11)17(24)12-8-10(18)6-7-13(12)20-16(17)23/h6-8,11,24H,2-5,19H2,1H3,(H,20,23)/t17-/m0/s1. The predicted molar refractivity (Wildman–Crippen MR) is 94.7 cm³/mol. The highest BCUT2D eigenvalue weighted by molar-refractivity contribution is 9.10. The van der Waals surface area contributed by atoms with Gasteiger partial charge in [-0.3, -0.25) is 4.79 Å². The number of nitrogens with zero attached hydrogens (tertiary/aromatic N) is 2. The van der Waals surface area contributed by atoms with Crippen LogP contribution < -0.4 is 11.1 Å². The molecular weight excluding hydrogens is 372 g/mol. The molecule has 24 heavy (non-hydrogen) atoms. The number of hydrogen-bond donors (Lipinski definition) is 3. The van der Waals surface area contributed by atoms with Gasteiger partial charge < -0.3 is 16.2 Å². The van der Waals surface area contributed by atoms with Crippen molar-refractivity contribution in [3.05, 3.63) is 39.5 Å². The molecular formula is C17H19BrN4O2. The number of nitrogen functional groups attached to an aromatic ring is 1. The Bertz CT molecular complexity index is 841. The SMILES string of the molecule is Cc1nn(C2CCCC2)c(N)c1[C@]1(O)C(=O)Nc2ccc(Br)cc21. The molecule has 0 unspecified atom stereocenters. The first kappa shape index (κ1) is 15.7. The third kappa shape index (κ3) is 2.04. The molecule has 1 aromatic carbocycles. The molecule has 1 aliphatic carbocycles. The summed E-state index contributed by atoms with van der Waals surface area (Å²) in [5, 5.41) is 18.7. The summed E-state index contributed by atoms with van der Waals surface area (Å²) in [6.07, 6.45) is 4.35. The van der Waals surface area contributed by atoms with E-state index in [0.717, 1.165) is 30.2 Å². The lowest BCUT2D eigenvalue weighted by Gasteiger charge is -2.22. The largest absolute Gasteiger partial charge is 0.384 e. The Morgan fingerprint density at radius 3 is 2.83 bits per heavy atom. The van der Waals surface area contributed by atoms with E-state index in [1.54, 1.807) is 23.7 Å². The van der Waals surface area contributed by atoms with Crippen LogP contribution >= 0.6 is 15.9 Å². The highest BCUT2D eigenvalue weighted by Gasteiger charge is 2.50. The van der Waals surface area contributed by atoms with Crippen LogP contribution in [0.2, 0.25) is 0 Å². The molecule has 1 saturated carbocycles. The number of amides is 1. The highest BCUT2D eigenvalue weighted by Crippen LogP contribution is 2.46. The number of benzene rings is 1. The summed E-state index contributed by atoms with van der Waals surface area (Å²) in [6, 6.07) is 5.58. The number of fused-ring (bicyclic) bond motifs is 1. The van der Waals surface area contributed by atoms with Crippen LogP contribution in [0, 0.1) is 6.92 Å².